The van der Waals surface area contributed by atoms with Crippen LogP contribution < -0.4 is 10.1 Å². The number of ether oxygens (including phenoxy) is 1. The van der Waals surface area contributed by atoms with Gasteiger partial charge < -0.3 is 10.1 Å². The highest BCUT2D eigenvalue weighted by molar-refractivity contribution is 5.47. The Balaban J connectivity index is 2.04. The third-order valence-electron chi connectivity index (χ3n) is 3.82. The Morgan fingerprint density at radius 3 is 2.75 bits per heavy atom. The van der Waals surface area contributed by atoms with E-state index in [0.29, 0.717) is 0 Å². The van der Waals surface area contributed by atoms with Crippen LogP contribution in [0.4, 0.5) is 0 Å². The minimum Gasteiger partial charge on any atom is -0.493 e. The Bertz CT molecular complexity index is 565. The van der Waals surface area contributed by atoms with Crippen LogP contribution in [-0.4, -0.2) is 13.2 Å². The normalized spacial score (nSPS) is 15.2. The van der Waals surface area contributed by atoms with E-state index in [1.165, 1.54) is 16.7 Å². The van der Waals surface area contributed by atoms with Crippen molar-refractivity contribution in [2.45, 2.75) is 25.8 Å². The van der Waals surface area contributed by atoms with Crippen LogP contribution in [0.15, 0.2) is 48.5 Å². The SMILES string of the molecule is CCNC(c1ccccc1)c1cccc2c1OCCC2. The van der Waals surface area contributed by atoms with Crippen molar-refractivity contribution < 1.29 is 4.74 Å². The maximum Gasteiger partial charge on any atom is 0.127 e. The Morgan fingerprint density at radius 1 is 1.10 bits per heavy atom. The van der Waals surface area contributed by atoms with Gasteiger partial charge >= 0.3 is 0 Å². The van der Waals surface area contributed by atoms with Crippen LogP contribution in [0.3, 0.4) is 0 Å². The number of hydrogen-bond donors (Lipinski definition) is 1. The van der Waals surface area contributed by atoms with Gasteiger partial charge in [-0.15, -0.1) is 0 Å². The highest BCUT2D eigenvalue weighted by Gasteiger charge is 2.21. The molecule has 2 aromatic carbocycles. The summed E-state index contributed by atoms with van der Waals surface area (Å²) in [4.78, 5) is 0. The van der Waals surface area contributed by atoms with Crippen LogP contribution in [0, 0.1) is 0 Å². The van der Waals surface area contributed by atoms with Crippen molar-refractivity contribution in [2.24, 2.45) is 0 Å². The third-order valence-corrected chi connectivity index (χ3v) is 3.82. The maximum absolute atomic E-state index is 5.96. The Hall–Kier alpha value is -1.80. The summed E-state index contributed by atoms with van der Waals surface area (Å²) in [5.74, 6) is 1.09. The first-order valence-electron chi connectivity index (χ1n) is 7.43. The lowest BCUT2D eigenvalue weighted by atomic mass is 9.93. The fraction of sp³-hybridized carbons (Fsp3) is 0.333. The van der Waals surface area contributed by atoms with Crippen LogP contribution >= 0.6 is 0 Å². The molecular formula is C18H21NO. The summed E-state index contributed by atoms with van der Waals surface area (Å²) in [6.45, 7) is 3.91. The summed E-state index contributed by atoms with van der Waals surface area (Å²) in [6, 6.07) is 17.3. The van der Waals surface area contributed by atoms with Crippen LogP contribution in [0.25, 0.3) is 0 Å². The summed E-state index contributed by atoms with van der Waals surface area (Å²) in [5.41, 5.74) is 3.89. The molecular weight excluding hydrogens is 246 g/mol. The lowest BCUT2D eigenvalue weighted by molar-refractivity contribution is 0.283. The van der Waals surface area contributed by atoms with Gasteiger partial charge in [-0.25, -0.2) is 0 Å². The van der Waals surface area contributed by atoms with Crippen LogP contribution in [-0.2, 0) is 6.42 Å². The highest BCUT2D eigenvalue weighted by atomic mass is 16.5. The largest absolute Gasteiger partial charge is 0.493 e. The van der Waals surface area contributed by atoms with Crippen molar-refractivity contribution in [3.8, 4) is 5.75 Å². The third kappa shape index (κ3) is 2.56. The molecule has 1 heterocycles. The van der Waals surface area contributed by atoms with Crippen LogP contribution in [0.1, 0.15) is 36.1 Å². The highest BCUT2D eigenvalue weighted by Crippen LogP contribution is 2.35. The molecule has 104 valence electrons. The molecule has 3 rings (SSSR count). The van der Waals surface area contributed by atoms with Gasteiger partial charge in [-0.2, -0.15) is 0 Å². The molecule has 0 aliphatic carbocycles. The van der Waals surface area contributed by atoms with E-state index < -0.39 is 0 Å². The zero-order valence-corrected chi connectivity index (χ0v) is 11.9. The maximum atomic E-state index is 5.96. The first kappa shape index (κ1) is 13.2. The van der Waals surface area contributed by atoms with Crippen molar-refractivity contribution >= 4 is 0 Å². The molecule has 1 atom stereocenters. The quantitative estimate of drug-likeness (QED) is 0.911. The monoisotopic (exact) mass is 267 g/mol. The van der Waals surface area contributed by atoms with Gasteiger partial charge in [-0.1, -0.05) is 55.5 Å². The van der Waals surface area contributed by atoms with Gasteiger partial charge in [0.15, 0.2) is 0 Å². The molecule has 0 radical (unpaired) electrons. The van der Waals surface area contributed by atoms with E-state index in [2.05, 4.69) is 60.8 Å². The van der Waals surface area contributed by atoms with E-state index in [1.807, 2.05) is 0 Å². The number of benzene rings is 2. The van der Waals surface area contributed by atoms with Crippen molar-refractivity contribution in [2.75, 3.05) is 13.2 Å². The van der Waals surface area contributed by atoms with Crippen molar-refractivity contribution in [1.29, 1.82) is 0 Å². The number of fused-ring (bicyclic) bond motifs is 1. The topological polar surface area (TPSA) is 21.3 Å². The molecule has 0 fully saturated rings. The molecule has 0 bridgehead atoms. The Labute approximate surface area is 120 Å². The fourth-order valence-electron chi connectivity index (χ4n) is 2.90. The van der Waals surface area contributed by atoms with E-state index in [4.69, 9.17) is 4.74 Å². The number of aryl methyl sites for hydroxylation is 1. The predicted octanol–water partition coefficient (Wildman–Crippen LogP) is 3.71. The molecule has 2 nitrogen and oxygen atoms in total. The summed E-state index contributed by atoms with van der Waals surface area (Å²) in [5, 5.41) is 3.59. The second kappa shape index (κ2) is 6.10. The molecule has 1 aliphatic heterocycles. The van der Waals surface area contributed by atoms with Crippen LogP contribution in [0.5, 0.6) is 5.75 Å². The van der Waals surface area contributed by atoms with Gasteiger partial charge in [-0.05, 0) is 30.5 Å². The first-order valence-corrected chi connectivity index (χ1v) is 7.43. The van der Waals surface area contributed by atoms with E-state index >= 15 is 0 Å². The smallest absolute Gasteiger partial charge is 0.127 e. The zero-order chi connectivity index (χ0) is 13.8. The summed E-state index contributed by atoms with van der Waals surface area (Å²) in [7, 11) is 0. The van der Waals surface area contributed by atoms with Crippen molar-refractivity contribution in [3.05, 3.63) is 65.2 Å². The molecule has 0 saturated carbocycles. The van der Waals surface area contributed by atoms with E-state index in [-0.39, 0.29) is 6.04 Å². The average Bonchev–Trinajstić information content (AvgIpc) is 2.53. The Kier molecular flexibility index (Phi) is 4.03. The Morgan fingerprint density at radius 2 is 1.95 bits per heavy atom. The lowest BCUT2D eigenvalue weighted by Gasteiger charge is -2.26. The van der Waals surface area contributed by atoms with Gasteiger partial charge in [0, 0.05) is 5.56 Å². The summed E-state index contributed by atoms with van der Waals surface area (Å²) >= 11 is 0. The predicted molar refractivity (Wildman–Crippen MR) is 82.2 cm³/mol. The van der Waals surface area contributed by atoms with E-state index in [9.17, 15) is 0 Å². The summed E-state index contributed by atoms with van der Waals surface area (Å²) in [6.07, 6.45) is 2.24. The first-order chi connectivity index (χ1) is 9.90. The molecule has 0 aromatic heterocycles. The molecule has 1 aliphatic rings. The minimum absolute atomic E-state index is 0.203. The lowest BCUT2D eigenvalue weighted by Crippen LogP contribution is -2.24. The standard InChI is InChI=1S/C18H21NO/c1-2-19-17(14-8-4-3-5-9-14)16-12-6-10-15-11-7-13-20-18(15)16/h3-6,8-10,12,17,19H,2,7,11,13H2,1H3. The van der Waals surface area contributed by atoms with Gasteiger partial charge in [0.2, 0.25) is 0 Å². The number of hydrogen-bond acceptors (Lipinski definition) is 2. The minimum atomic E-state index is 0.203. The zero-order valence-electron chi connectivity index (χ0n) is 11.9. The van der Waals surface area contributed by atoms with Gasteiger partial charge in [0.1, 0.15) is 5.75 Å². The molecule has 1 N–H and O–H groups in total. The van der Waals surface area contributed by atoms with Gasteiger partial charge in [-0.3, -0.25) is 0 Å². The van der Waals surface area contributed by atoms with Crippen molar-refractivity contribution in [3.63, 3.8) is 0 Å². The van der Waals surface area contributed by atoms with E-state index in [1.54, 1.807) is 0 Å². The summed E-state index contributed by atoms with van der Waals surface area (Å²) < 4.78 is 5.96. The van der Waals surface area contributed by atoms with Crippen LogP contribution in [0.2, 0.25) is 0 Å². The molecule has 2 heteroatoms. The second-order valence-corrected chi connectivity index (χ2v) is 5.19. The average molecular weight is 267 g/mol. The van der Waals surface area contributed by atoms with E-state index in [0.717, 1.165) is 31.7 Å². The molecule has 0 spiro atoms. The second-order valence-electron chi connectivity index (χ2n) is 5.19. The van der Waals surface area contributed by atoms with Crippen molar-refractivity contribution in [1.82, 2.24) is 5.32 Å². The number of para-hydroxylation sites is 1. The molecule has 2 aromatic rings. The molecule has 1 unspecified atom stereocenters. The molecule has 0 saturated heterocycles. The fourth-order valence-corrected chi connectivity index (χ4v) is 2.90. The van der Waals surface area contributed by atoms with Gasteiger partial charge in [0.05, 0.1) is 12.6 Å². The van der Waals surface area contributed by atoms with Gasteiger partial charge in [0.25, 0.3) is 0 Å². The number of rotatable bonds is 4. The number of nitrogens with one attached hydrogen (secondary N) is 1. The molecule has 0 amide bonds. The molecule has 20 heavy (non-hydrogen) atoms.